The number of anilines is 1. The normalized spacial score (nSPS) is 10.8. The molecule has 0 saturated carbocycles. The van der Waals surface area contributed by atoms with Crippen LogP contribution in [0.1, 0.15) is 23.0 Å². The number of nitrogens with one attached hydrogen (secondary N) is 1. The van der Waals surface area contributed by atoms with Gasteiger partial charge in [0, 0.05) is 19.2 Å². The van der Waals surface area contributed by atoms with Crippen molar-refractivity contribution in [2.75, 3.05) is 25.5 Å². The number of hydrogen-bond donors (Lipinski definition) is 1. The SMILES string of the molecule is CCN(CC(=O)Nc1ccccc1OC)C(=O)c1cc(-c2ccccc2)nc2c1c(C)nn2C. The minimum atomic E-state index is -0.309. The number of likely N-dealkylation sites (N-methyl/N-ethyl adjacent to an activating group) is 1. The molecule has 0 spiro atoms. The number of amides is 2. The van der Waals surface area contributed by atoms with Crippen LogP contribution in [0.25, 0.3) is 22.3 Å². The maximum atomic E-state index is 13.7. The van der Waals surface area contributed by atoms with Crippen LogP contribution in [0.3, 0.4) is 0 Å². The highest BCUT2D eigenvalue weighted by Crippen LogP contribution is 2.28. The summed E-state index contributed by atoms with van der Waals surface area (Å²) in [6.07, 6.45) is 0. The number of pyridine rings is 1. The quantitative estimate of drug-likeness (QED) is 0.452. The first-order valence-electron chi connectivity index (χ1n) is 11.0. The molecule has 0 aliphatic carbocycles. The number of fused-ring (bicyclic) bond motifs is 1. The number of methoxy groups -OCH3 is 1. The van der Waals surface area contributed by atoms with Gasteiger partial charge in [0.1, 0.15) is 12.3 Å². The molecule has 8 heteroatoms. The van der Waals surface area contributed by atoms with E-state index in [-0.39, 0.29) is 18.4 Å². The predicted octanol–water partition coefficient (Wildman–Crippen LogP) is 4.05. The second-order valence-corrected chi connectivity index (χ2v) is 7.90. The zero-order chi connectivity index (χ0) is 24.2. The number of rotatable bonds is 7. The lowest BCUT2D eigenvalue weighted by molar-refractivity contribution is -0.116. The van der Waals surface area contributed by atoms with E-state index in [9.17, 15) is 9.59 Å². The molecular weight excluding hydrogens is 430 g/mol. The molecular formula is C26H27N5O3. The van der Waals surface area contributed by atoms with Crippen LogP contribution in [-0.4, -0.2) is 51.7 Å². The third kappa shape index (κ3) is 4.47. The van der Waals surface area contributed by atoms with Crippen molar-refractivity contribution in [3.8, 4) is 17.0 Å². The van der Waals surface area contributed by atoms with Crippen molar-refractivity contribution in [1.29, 1.82) is 0 Å². The second kappa shape index (κ2) is 9.74. The number of carbonyl (C=O) groups is 2. The summed E-state index contributed by atoms with van der Waals surface area (Å²) in [5.41, 5.74) is 3.93. The van der Waals surface area contributed by atoms with E-state index >= 15 is 0 Å². The van der Waals surface area contributed by atoms with E-state index in [4.69, 9.17) is 9.72 Å². The Bertz CT molecular complexity index is 1350. The standard InChI is InChI=1S/C26H27N5O3/c1-5-31(16-23(32)27-20-13-9-10-14-22(20)34-4)26(33)19-15-21(18-11-7-6-8-12-18)28-25-24(19)17(2)29-30(25)3/h6-15H,5,16H2,1-4H3,(H,27,32). The highest BCUT2D eigenvalue weighted by molar-refractivity contribution is 6.09. The monoisotopic (exact) mass is 457 g/mol. The van der Waals surface area contributed by atoms with Gasteiger partial charge in [-0.25, -0.2) is 4.98 Å². The fourth-order valence-electron chi connectivity index (χ4n) is 3.98. The summed E-state index contributed by atoms with van der Waals surface area (Å²) in [7, 11) is 3.35. The van der Waals surface area contributed by atoms with Gasteiger partial charge in [-0.2, -0.15) is 5.10 Å². The molecule has 1 N–H and O–H groups in total. The van der Waals surface area contributed by atoms with Crippen molar-refractivity contribution >= 4 is 28.5 Å². The molecule has 0 aliphatic rings. The number of nitrogens with zero attached hydrogens (tertiary/aromatic N) is 4. The number of carbonyl (C=O) groups excluding carboxylic acids is 2. The molecule has 4 aromatic rings. The zero-order valence-corrected chi connectivity index (χ0v) is 19.7. The minimum absolute atomic E-state index is 0.100. The van der Waals surface area contributed by atoms with Crippen molar-refractivity contribution < 1.29 is 14.3 Å². The van der Waals surface area contributed by atoms with Gasteiger partial charge in [-0.1, -0.05) is 42.5 Å². The van der Waals surface area contributed by atoms with Gasteiger partial charge in [-0.05, 0) is 32.0 Å². The first-order chi connectivity index (χ1) is 16.4. The van der Waals surface area contributed by atoms with Crippen LogP contribution in [0.15, 0.2) is 60.7 Å². The maximum absolute atomic E-state index is 13.7. The number of benzene rings is 2. The fraction of sp³-hybridized carbons (Fsp3) is 0.231. The summed E-state index contributed by atoms with van der Waals surface area (Å²) in [4.78, 5) is 32.8. The van der Waals surface area contributed by atoms with E-state index in [1.54, 1.807) is 30.0 Å². The fourth-order valence-corrected chi connectivity index (χ4v) is 3.98. The Morgan fingerprint density at radius 3 is 2.50 bits per heavy atom. The zero-order valence-electron chi connectivity index (χ0n) is 19.7. The van der Waals surface area contributed by atoms with Crippen LogP contribution in [0.5, 0.6) is 5.75 Å². The van der Waals surface area contributed by atoms with Crippen LogP contribution in [-0.2, 0) is 11.8 Å². The number of aryl methyl sites for hydroxylation is 2. The Hall–Kier alpha value is -4.20. The van der Waals surface area contributed by atoms with E-state index in [0.717, 1.165) is 5.56 Å². The van der Waals surface area contributed by atoms with Crippen LogP contribution in [0.2, 0.25) is 0 Å². The summed E-state index contributed by atoms with van der Waals surface area (Å²) < 4.78 is 6.98. The van der Waals surface area contributed by atoms with Crippen molar-refractivity contribution in [2.45, 2.75) is 13.8 Å². The highest BCUT2D eigenvalue weighted by atomic mass is 16.5. The Labute approximate surface area is 198 Å². The number of ether oxygens (including phenoxy) is 1. The topological polar surface area (TPSA) is 89.3 Å². The third-order valence-corrected chi connectivity index (χ3v) is 5.65. The molecule has 0 bridgehead atoms. The molecule has 2 heterocycles. The van der Waals surface area contributed by atoms with Gasteiger partial charge in [0.25, 0.3) is 5.91 Å². The molecule has 0 radical (unpaired) electrons. The lowest BCUT2D eigenvalue weighted by atomic mass is 10.0. The number of para-hydroxylation sites is 2. The Balaban J connectivity index is 1.68. The lowest BCUT2D eigenvalue weighted by Gasteiger charge is -2.21. The summed E-state index contributed by atoms with van der Waals surface area (Å²) in [6, 6.07) is 18.6. The number of aromatic nitrogens is 3. The molecule has 0 unspecified atom stereocenters. The summed E-state index contributed by atoms with van der Waals surface area (Å²) in [5.74, 6) is -0.00546. The smallest absolute Gasteiger partial charge is 0.255 e. The van der Waals surface area contributed by atoms with E-state index in [0.29, 0.717) is 46.0 Å². The molecule has 2 amide bonds. The average molecular weight is 458 g/mol. The van der Waals surface area contributed by atoms with Crippen LogP contribution in [0.4, 0.5) is 5.69 Å². The molecule has 34 heavy (non-hydrogen) atoms. The van der Waals surface area contributed by atoms with Crippen LogP contribution < -0.4 is 10.1 Å². The first kappa shape index (κ1) is 23.0. The molecule has 0 fully saturated rings. The summed E-state index contributed by atoms with van der Waals surface area (Å²) in [6.45, 7) is 3.97. The summed E-state index contributed by atoms with van der Waals surface area (Å²) in [5, 5.41) is 8.01. The minimum Gasteiger partial charge on any atom is -0.495 e. The molecule has 4 rings (SSSR count). The Kier molecular flexibility index (Phi) is 6.58. The van der Waals surface area contributed by atoms with Crippen molar-refractivity contribution in [2.24, 2.45) is 7.05 Å². The van der Waals surface area contributed by atoms with Gasteiger partial charge >= 0.3 is 0 Å². The third-order valence-electron chi connectivity index (χ3n) is 5.65. The Morgan fingerprint density at radius 2 is 1.79 bits per heavy atom. The molecule has 8 nitrogen and oxygen atoms in total. The predicted molar refractivity (Wildman–Crippen MR) is 132 cm³/mol. The maximum Gasteiger partial charge on any atom is 0.255 e. The van der Waals surface area contributed by atoms with Gasteiger partial charge in [0.05, 0.1) is 35.1 Å². The average Bonchev–Trinajstić information content (AvgIpc) is 3.15. The number of hydrogen-bond acceptors (Lipinski definition) is 5. The highest BCUT2D eigenvalue weighted by Gasteiger charge is 2.24. The first-order valence-corrected chi connectivity index (χ1v) is 11.0. The van der Waals surface area contributed by atoms with E-state index in [1.807, 2.05) is 63.4 Å². The van der Waals surface area contributed by atoms with E-state index < -0.39 is 0 Å². The molecule has 0 atom stereocenters. The molecule has 2 aromatic heterocycles. The molecule has 0 saturated heterocycles. The van der Waals surface area contributed by atoms with Crippen molar-refractivity contribution in [1.82, 2.24) is 19.7 Å². The lowest BCUT2D eigenvalue weighted by Crippen LogP contribution is -2.38. The second-order valence-electron chi connectivity index (χ2n) is 7.90. The van der Waals surface area contributed by atoms with Gasteiger partial charge in [-0.3, -0.25) is 14.3 Å². The molecule has 174 valence electrons. The van der Waals surface area contributed by atoms with E-state index in [1.165, 1.54) is 4.90 Å². The van der Waals surface area contributed by atoms with Gasteiger partial charge < -0.3 is 15.0 Å². The van der Waals surface area contributed by atoms with Gasteiger partial charge in [-0.15, -0.1) is 0 Å². The molecule has 2 aromatic carbocycles. The van der Waals surface area contributed by atoms with E-state index in [2.05, 4.69) is 10.4 Å². The summed E-state index contributed by atoms with van der Waals surface area (Å²) >= 11 is 0. The van der Waals surface area contributed by atoms with Crippen LogP contribution in [0, 0.1) is 6.92 Å². The van der Waals surface area contributed by atoms with Crippen LogP contribution >= 0.6 is 0 Å². The largest absolute Gasteiger partial charge is 0.495 e. The van der Waals surface area contributed by atoms with Gasteiger partial charge in [0.15, 0.2) is 5.65 Å². The van der Waals surface area contributed by atoms with Gasteiger partial charge in [0.2, 0.25) is 5.91 Å². The van der Waals surface area contributed by atoms with Crippen molar-refractivity contribution in [3.63, 3.8) is 0 Å². The van der Waals surface area contributed by atoms with Crippen molar-refractivity contribution in [3.05, 3.63) is 71.9 Å². The molecule has 0 aliphatic heterocycles. The Morgan fingerprint density at radius 1 is 1.09 bits per heavy atom.